The molecule has 1 atom stereocenters. The van der Waals surface area contributed by atoms with Gasteiger partial charge in [-0.05, 0) is 19.5 Å². The monoisotopic (exact) mass is 314 g/mol. The summed E-state index contributed by atoms with van der Waals surface area (Å²) >= 11 is 0. The maximum Gasteiger partial charge on any atom is 0.308 e. The Morgan fingerprint density at radius 2 is 1.90 bits per heavy atom. The van der Waals surface area contributed by atoms with Crippen LogP contribution >= 0.6 is 12.4 Å². The van der Waals surface area contributed by atoms with Gasteiger partial charge in [-0.2, -0.15) is 0 Å². The van der Waals surface area contributed by atoms with Gasteiger partial charge in [0, 0.05) is 13.0 Å². The standard InChI is InChI=1S/C15H22N2O3.ClH/c1-3-20-15(19)11-13(12-7-5-4-6-8-12)17-14(18)9-10-16-2;/h4-8,13,16H,3,9-11H2,1-2H3,(H,17,18);1H. The summed E-state index contributed by atoms with van der Waals surface area (Å²) in [4.78, 5) is 23.5. The summed E-state index contributed by atoms with van der Waals surface area (Å²) in [5, 5.41) is 5.80. The summed E-state index contributed by atoms with van der Waals surface area (Å²) in [6.07, 6.45) is 0.520. The van der Waals surface area contributed by atoms with E-state index in [-0.39, 0.29) is 36.7 Å². The van der Waals surface area contributed by atoms with Crippen LogP contribution < -0.4 is 10.6 Å². The lowest BCUT2D eigenvalue weighted by Crippen LogP contribution is -2.32. The molecule has 0 aliphatic heterocycles. The number of halogens is 1. The molecular formula is C15H23ClN2O3. The number of carbonyl (C=O) groups excluding carboxylic acids is 2. The van der Waals surface area contributed by atoms with Crippen molar-refractivity contribution in [2.24, 2.45) is 0 Å². The van der Waals surface area contributed by atoms with Crippen LogP contribution in [0.2, 0.25) is 0 Å². The van der Waals surface area contributed by atoms with Gasteiger partial charge in [0.2, 0.25) is 5.91 Å². The largest absolute Gasteiger partial charge is 0.466 e. The fourth-order valence-electron chi connectivity index (χ4n) is 1.83. The van der Waals surface area contributed by atoms with Crippen LogP contribution in [0, 0.1) is 0 Å². The average molecular weight is 315 g/mol. The van der Waals surface area contributed by atoms with E-state index in [1.54, 1.807) is 14.0 Å². The van der Waals surface area contributed by atoms with Gasteiger partial charge in [-0.3, -0.25) is 9.59 Å². The molecular weight excluding hydrogens is 292 g/mol. The summed E-state index contributed by atoms with van der Waals surface area (Å²) in [6.45, 7) is 2.71. The van der Waals surface area contributed by atoms with E-state index in [1.807, 2.05) is 30.3 Å². The highest BCUT2D eigenvalue weighted by Gasteiger charge is 2.18. The van der Waals surface area contributed by atoms with Gasteiger partial charge in [-0.1, -0.05) is 30.3 Å². The topological polar surface area (TPSA) is 67.4 Å². The maximum absolute atomic E-state index is 11.8. The Balaban J connectivity index is 0.00000400. The first-order valence-corrected chi connectivity index (χ1v) is 6.82. The van der Waals surface area contributed by atoms with E-state index in [0.717, 1.165) is 5.56 Å². The second kappa shape index (κ2) is 11.1. The van der Waals surface area contributed by atoms with Crippen molar-refractivity contribution in [3.8, 4) is 0 Å². The van der Waals surface area contributed by atoms with Crippen molar-refractivity contribution in [2.75, 3.05) is 20.2 Å². The lowest BCUT2D eigenvalue weighted by atomic mass is 10.0. The first kappa shape index (κ1) is 19.4. The third kappa shape index (κ3) is 7.68. The van der Waals surface area contributed by atoms with Gasteiger partial charge in [0.05, 0.1) is 19.1 Å². The molecule has 1 aromatic carbocycles. The molecule has 1 aromatic rings. The van der Waals surface area contributed by atoms with Crippen molar-refractivity contribution in [1.82, 2.24) is 10.6 Å². The van der Waals surface area contributed by atoms with Crippen molar-refractivity contribution in [3.63, 3.8) is 0 Å². The zero-order chi connectivity index (χ0) is 14.8. The van der Waals surface area contributed by atoms with Crippen molar-refractivity contribution in [3.05, 3.63) is 35.9 Å². The molecule has 0 fully saturated rings. The number of benzene rings is 1. The molecule has 0 spiro atoms. The minimum Gasteiger partial charge on any atom is -0.466 e. The second-order valence-corrected chi connectivity index (χ2v) is 4.39. The predicted octanol–water partition coefficient (Wildman–Crippen LogP) is 1.83. The molecule has 0 aliphatic rings. The molecule has 118 valence electrons. The van der Waals surface area contributed by atoms with Gasteiger partial charge in [-0.15, -0.1) is 12.4 Å². The van der Waals surface area contributed by atoms with Crippen LogP contribution in [0.25, 0.3) is 0 Å². The maximum atomic E-state index is 11.8. The Bertz CT molecular complexity index is 426. The normalized spacial score (nSPS) is 11.1. The molecule has 0 aliphatic carbocycles. The van der Waals surface area contributed by atoms with Crippen LogP contribution in [0.4, 0.5) is 0 Å². The molecule has 0 saturated heterocycles. The highest BCUT2D eigenvalue weighted by molar-refractivity contribution is 5.85. The van der Waals surface area contributed by atoms with E-state index < -0.39 is 0 Å². The van der Waals surface area contributed by atoms with Gasteiger partial charge in [0.15, 0.2) is 0 Å². The Morgan fingerprint density at radius 3 is 2.48 bits per heavy atom. The van der Waals surface area contributed by atoms with E-state index >= 15 is 0 Å². The van der Waals surface area contributed by atoms with Crippen LogP contribution in [0.3, 0.4) is 0 Å². The summed E-state index contributed by atoms with van der Waals surface area (Å²) in [5.74, 6) is -0.396. The molecule has 0 heterocycles. The molecule has 1 amide bonds. The number of hydrogen-bond acceptors (Lipinski definition) is 4. The number of amides is 1. The molecule has 5 nitrogen and oxygen atoms in total. The summed E-state index contributed by atoms with van der Waals surface area (Å²) in [5.41, 5.74) is 0.901. The first-order valence-electron chi connectivity index (χ1n) is 6.82. The Morgan fingerprint density at radius 1 is 1.24 bits per heavy atom. The Labute approximate surface area is 131 Å². The third-order valence-corrected chi connectivity index (χ3v) is 2.82. The molecule has 0 radical (unpaired) electrons. The number of esters is 1. The SMILES string of the molecule is CCOC(=O)CC(NC(=O)CCNC)c1ccccc1.Cl. The van der Waals surface area contributed by atoms with Crippen molar-refractivity contribution in [1.29, 1.82) is 0 Å². The molecule has 1 unspecified atom stereocenters. The van der Waals surface area contributed by atoms with Gasteiger partial charge in [0.1, 0.15) is 0 Å². The lowest BCUT2D eigenvalue weighted by Gasteiger charge is -2.18. The highest BCUT2D eigenvalue weighted by atomic mass is 35.5. The fourth-order valence-corrected chi connectivity index (χ4v) is 1.83. The van der Waals surface area contributed by atoms with Crippen molar-refractivity contribution < 1.29 is 14.3 Å². The van der Waals surface area contributed by atoms with Gasteiger partial charge >= 0.3 is 5.97 Å². The van der Waals surface area contributed by atoms with Crippen LogP contribution in [-0.4, -0.2) is 32.1 Å². The van der Waals surface area contributed by atoms with Gasteiger partial charge < -0.3 is 15.4 Å². The summed E-state index contributed by atoms with van der Waals surface area (Å²) in [7, 11) is 1.79. The molecule has 1 rings (SSSR count). The van der Waals surface area contributed by atoms with E-state index in [2.05, 4.69) is 10.6 Å². The number of ether oxygens (including phenoxy) is 1. The van der Waals surface area contributed by atoms with Crippen molar-refractivity contribution >= 4 is 24.3 Å². The lowest BCUT2D eigenvalue weighted by molar-refractivity contribution is -0.143. The average Bonchev–Trinajstić information content (AvgIpc) is 2.45. The van der Waals surface area contributed by atoms with Crippen LogP contribution in [0.1, 0.15) is 31.4 Å². The quantitative estimate of drug-likeness (QED) is 0.718. The smallest absolute Gasteiger partial charge is 0.308 e. The summed E-state index contributed by atoms with van der Waals surface area (Å²) < 4.78 is 4.95. The number of hydrogen-bond donors (Lipinski definition) is 2. The Hall–Kier alpha value is -1.59. The fraction of sp³-hybridized carbons (Fsp3) is 0.467. The van der Waals surface area contributed by atoms with E-state index in [4.69, 9.17) is 4.74 Å². The molecule has 2 N–H and O–H groups in total. The minimum atomic E-state index is -0.348. The first-order chi connectivity index (χ1) is 9.67. The molecule has 0 aromatic heterocycles. The van der Waals surface area contributed by atoms with Gasteiger partial charge in [0.25, 0.3) is 0 Å². The molecule has 6 heteroatoms. The highest BCUT2D eigenvalue weighted by Crippen LogP contribution is 2.17. The van der Waals surface area contributed by atoms with Crippen LogP contribution in [0.15, 0.2) is 30.3 Å². The summed E-state index contributed by atoms with van der Waals surface area (Å²) in [6, 6.07) is 9.10. The van der Waals surface area contributed by atoms with E-state index in [0.29, 0.717) is 19.6 Å². The predicted molar refractivity (Wildman–Crippen MR) is 84.4 cm³/mol. The molecule has 0 saturated carbocycles. The van der Waals surface area contributed by atoms with Gasteiger partial charge in [-0.25, -0.2) is 0 Å². The van der Waals surface area contributed by atoms with Crippen LogP contribution in [-0.2, 0) is 14.3 Å². The van der Waals surface area contributed by atoms with E-state index in [9.17, 15) is 9.59 Å². The zero-order valence-corrected chi connectivity index (χ0v) is 13.2. The zero-order valence-electron chi connectivity index (χ0n) is 12.4. The Kier molecular flexibility index (Phi) is 10.3. The number of nitrogens with one attached hydrogen (secondary N) is 2. The second-order valence-electron chi connectivity index (χ2n) is 4.39. The number of rotatable bonds is 8. The minimum absolute atomic E-state index is 0. The molecule has 0 bridgehead atoms. The van der Waals surface area contributed by atoms with Crippen LogP contribution in [0.5, 0.6) is 0 Å². The number of carbonyl (C=O) groups is 2. The van der Waals surface area contributed by atoms with E-state index in [1.165, 1.54) is 0 Å². The third-order valence-electron chi connectivity index (χ3n) is 2.82. The molecule has 21 heavy (non-hydrogen) atoms. The van der Waals surface area contributed by atoms with Crippen molar-refractivity contribution in [2.45, 2.75) is 25.8 Å².